The minimum absolute atomic E-state index is 0.150. The molecule has 0 saturated carbocycles. The number of para-hydroxylation sites is 1. The molecule has 0 atom stereocenters. The van der Waals surface area contributed by atoms with E-state index in [0.717, 1.165) is 22.1 Å². The molecule has 0 bridgehead atoms. The summed E-state index contributed by atoms with van der Waals surface area (Å²) in [5.74, 6) is -0.999. The van der Waals surface area contributed by atoms with Crippen molar-refractivity contribution in [2.24, 2.45) is 0 Å². The minimum Gasteiger partial charge on any atom is -0.477 e. The van der Waals surface area contributed by atoms with Gasteiger partial charge >= 0.3 is 5.97 Å². The average Bonchev–Trinajstić information content (AvgIpc) is 3.11. The van der Waals surface area contributed by atoms with Crippen molar-refractivity contribution >= 4 is 27.8 Å². The highest BCUT2D eigenvalue weighted by atomic mass is 16.4. The normalized spacial score (nSPS) is 11.2. The first kappa shape index (κ1) is 11.7. The first-order chi connectivity index (χ1) is 10.3. The fourth-order valence-corrected chi connectivity index (χ4v) is 2.56. The summed E-state index contributed by atoms with van der Waals surface area (Å²) in [6.45, 7) is 0. The van der Waals surface area contributed by atoms with Crippen LogP contribution in [0.2, 0.25) is 0 Å². The molecule has 4 aromatic rings. The van der Waals surface area contributed by atoms with Gasteiger partial charge in [-0.1, -0.05) is 18.2 Å². The van der Waals surface area contributed by atoms with Crippen LogP contribution in [0, 0.1) is 0 Å². The SMILES string of the molecule is O=C(O)c1[nH]n(-c2ccccc2)c2c1ccc1nncc12. The van der Waals surface area contributed by atoms with Crippen molar-refractivity contribution in [1.29, 1.82) is 0 Å². The van der Waals surface area contributed by atoms with E-state index in [2.05, 4.69) is 15.3 Å². The molecule has 6 nitrogen and oxygen atoms in total. The molecule has 6 heteroatoms. The van der Waals surface area contributed by atoms with E-state index in [1.165, 1.54) is 0 Å². The maximum atomic E-state index is 11.5. The number of aromatic nitrogens is 4. The molecular formula is C15H10N4O2. The van der Waals surface area contributed by atoms with Gasteiger partial charge in [-0.25, -0.2) is 4.79 Å². The predicted molar refractivity (Wildman–Crippen MR) is 77.7 cm³/mol. The molecular weight excluding hydrogens is 268 g/mol. The Morgan fingerprint density at radius 2 is 1.90 bits per heavy atom. The Balaban J connectivity index is 2.19. The van der Waals surface area contributed by atoms with Crippen LogP contribution in [0.5, 0.6) is 0 Å². The van der Waals surface area contributed by atoms with E-state index in [4.69, 9.17) is 0 Å². The lowest BCUT2D eigenvalue weighted by Crippen LogP contribution is -2.01. The van der Waals surface area contributed by atoms with Gasteiger partial charge < -0.3 is 5.11 Å². The smallest absolute Gasteiger partial charge is 0.354 e. The number of rotatable bonds is 2. The molecule has 0 aliphatic carbocycles. The second-order valence-electron chi connectivity index (χ2n) is 4.70. The number of hydrogen-bond acceptors (Lipinski definition) is 3. The Morgan fingerprint density at radius 3 is 2.67 bits per heavy atom. The van der Waals surface area contributed by atoms with Crippen molar-refractivity contribution < 1.29 is 9.90 Å². The standard InChI is InChI=1S/C15H10N4O2/c20-15(21)13-10-6-7-12-11(8-16-17-12)14(10)19(18-13)9-4-2-1-3-5-9/h1-8,18H,(H,20,21). The van der Waals surface area contributed by atoms with Gasteiger partial charge in [-0.2, -0.15) is 10.2 Å². The highest BCUT2D eigenvalue weighted by molar-refractivity contribution is 6.11. The fraction of sp³-hybridized carbons (Fsp3) is 0. The van der Waals surface area contributed by atoms with Gasteiger partial charge in [0.15, 0.2) is 0 Å². The van der Waals surface area contributed by atoms with Crippen molar-refractivity contribution in [2.75, 3.05) is 0 Å². The summed E-state index contributed by atoms with van der Waals surface area (Å²) >= 11 is 0. The zero-order valence-corrected chi connectivity index (χ0v) is 10.8. The molecule has 4 rings (SSSR count). The van der Waals surface area contributed by atoms with E-state index >= 15 is 0 Å². The Morgan fingerprint density at radius 1 is 1.10 bits per heavy atom. The highest BCUT2D eigenvalue weighted by Gasteiger charge is 2.18. The van der Waals surface area contributed by atoms with Crippen molar-refractivity contribution in [3.8, 4) is 5.69 Å². The molecule has 0 spiro atoms. The number of carbonyl (C=O) groups is 1. The molecule has 2 N–H and O–H groups in total. The molecule has 21 heavy (non-hydrogen) atoms. The maximum Gasteiger partial charge on any atom is 0.354 e. The van der Waals surface area contributed by atoms with Gasteiger partial charge in [0, 0.05) is 10.8 Å². The van der Waals surface area contributed by atoms with Crippen molar-refractivity contribution in [1.82, 2.24) is 20.0 Å². The van der Waals surface area contributed by atoms with Gasteiger partial charge in [-0.05, 0) is 24.3 Å². The maximum absolute atomic E-state index is 11.5. The summed E-state index contributed by atoms with van der Waals surface area (Å²) < 4.78 is 1.75. The number of carboxylic acids is 1. The molecule has 2 heterocycles. The van der Waals surface area contributed by atoms with Crippen LogP contribution in [0.4, 0.5) is 0 Å². The molecule has 0 unspecified atom stereocenters. The summed E-state index contributed by atoms with van der Waals surface area (Å²) in [6.07, 6.45) is 1.65. The quantitative estimate of drug-likeness (QED) is 0.590. The van der Waals surface area contributed by atoms with E-state index in [-0.39, 0.29) is 5.69 Å². The van der Waals surface area contributed by atoms with Crippen LogP contribution in [-0.4, -0.2) is 31.1 Å². The van der Waals surface area contributed by atoms with Crippen LogP contribution in [-0.2, 0) is 0 Å². The van der Waals surface area contributed by atoms with Crippen molar-refractivity contribution in [2.45, 2.75) is 0 Å². The van der Waals surface area contributed by atoms with Gasteiger partial charge in [0.1, 0.15) is 5.69 Å². The molecule has 0 aliphatic rings. The molecule has 102 valence electrons. The Kier molecular flexibility index (Phi) is 2.32. The van der Waals surface area contributed by atoms with Crippen molar-refractivity contribution in [3.63, 3.8) is 0 Å². The van der Waals surface area contributed by atoms with Gasteiger partial charge in [-0.3, -0.25) is 9.78 Å². The molecule has 0 fully saturated rings. The molecule has 2 aromatic heterocycles. The number of carboxylic acid groups (broad SMARTS) is 1. The third-order valence-electron chi connectivity index (χ3n) is 3.49. The zero-order chi connectivity index (χ0) is 14.4. The minimum atomic E-state index is -0.999. The molecule has 0 amide bonds. The highest BCUT2D eigenvalue weighted by Crippen LogP contribution is 2.28. The first-order valence-electron chi connectivity index (χ1n) is 6.39. The van der Waals surface area contributed by atoms with E-state index in [1.807, 2.05) is 30.3 Å². The summed E-state index contributed by atoms with van der Waals surface area (Å²) in [7, 11) is 0. The molecule has 0 saturated heterocycles. The van der Waals surface area contributed by atoms with E-state index < -0.39 is 5.97 Å². The summed E-state index contributed by atoms with van der Waals surface area (Å²) in [4.78, 5) is 11.5. The fourth-order valence-electron chi connectivity index (χ4n) is 2.56. The number of aromatic carboxylic acids is 1. The molecule has 0 radical (unpaired) electrons. The van der Waals surface area contributed by atoms with E-state index in [0.29, 0.717) is 5.39 Å². The predicted octanol–water partition coefficient (Wildman–Crippen LogP) is 2.60. The van der Waals surface area contributed by atoms with Gasteiger partial charge in [0.2, 0.25) is 0 Å². The molecule has 2 aromatic carbocycles. The van der Waals surface area contributed by atoms with Crippen LogP contribution in [0.1, 0.15) is 10.5 Å². The number of aromatic amines is 1. The van der Waals surface area contributed by atoms with Gasteiger partial charge in [0.05, 0.1) is 22.9 Å². The third kappa shape index (κ3) is 1.62. The Bertz CT molecular complexity index is 969. The zero-order valence-electron chi connectivity index (χ0n) is 10.8. The number of hydrogen-bond donors (Lipinski definition) is 2. The summed E-state index contributed by atoms with van der Waals surface area (Å²) in [5, 5.41) is 21.7. The lowest BCUT2D eigenvalue weighted by molar-refractivity contribution is 0.0692. The van der Waals surface area contributed by atoms with Crippen LogP contribution >= 0.6 is 0 Å². The van der Waals surface area contributed by atoms with Crippen LogP contribution < -0.4 is 0 Å². The second kappa shape index (κ2) is 4.17. The largest absolute Gasteiger partial charge is 0.477 e. The lowest BCUT2D eigenvalue weighted by Gasteiger charge is -2.04. The Hall–Kier alpha value is -3.15. The molecule has 0 aliphatic heterocycles. The van der Waals surface area contributed by atoms with Gasteiger partial charge in [-0.15, -0.1) is 0 Å². The number of nitrogens with one attached hydrogen (secondary N) is 1. The summed E-state index contributed by atoms with van der Waals surface area (Å²) in [6, 6.07) is 13.1. The average molecular weight is 278 g/mol. The number of nitrogens with zero attached hydrogens (tertiary/aromatic N) is 3. The number of benzene rings is 2. The van der Waals surface area contributed by atoms with Crippen LogP contribution in [0.15, 0.2) is 48.7 Å². The summed E-state index contributed by atoms with van der Waals surface area (Å²) in [5.41, 5.74) is 2.50. The van der Waals surface area contributed by atoms with Gasteiger partial charge in [0.25, 0.3) is 0 Å². The van der Waals surface area contributed by atoms with Crippen LogP contribution in [0.25, 0.3) is 27.5 Å². The third-order valence-corrected chi connectivity index (χ3v) is 3.49. The number of H-pyrrole nitrogens is 1. The van der Waals surface area contributed by atoms with E-state index in [9.17, 15) is 9.90 Å². The second-order valence-corrected chi connectivity index (χ2v) is 4.70. The van der Waals surface area contributed by atoms with Crippen LogP contribution in [0.3, 0.4) is 0 Å². The number of fused-ring (bicyclic) bond motifs is 3. The van der Waals surface area contributed by atoms with Crippen molar-refractivity contribution in [3.05, 3.63) is 54.4 Å². The van der Waals surface area contributed by atoms with E-state index in [1.54, 1.807) is 23.0 Å². The first-order valence-corrected chi connectivity index (χ1v) is 6.39. The Labute approximate surface area is 118 Å². The lowest BCUT2D eigenvalue weighted by atomic mass is 10.1. The topological polar surface area (TPSA) is 83.8 Å². The monoisotopic (exact) mass is 278 g/mol.